The molecule has 4 heteroatoms. The van der Waals surface area contributed by atoms with E-state index in [1.165, 1.54) is 0 Å². The number of nitrogens with one attached hydrogen (secondary N) is 1. The minimum atomic E-state index is 0.0283. The first-order valence-corrected chi connectivity index (χ1v) is 6.64. The van der Waals surface area contributed by atoms with Crippen molar-refractivity contribution >= 4 is 11.7 Å². The average Bonchev–Trinajstić information content (AvgIpc) is 2.63. The van der Waals surface area contributed by atoms with Crippen molar-refractivity contribution in [1.29, 1.82) is 0 Å². The van der Waals surface area contributed by atoms with Gasteiger partial charge in [-0.05, 0) is 37.8 Å². The van der Waals surface area contributed by atoms with Crippen LogP contribution < -0.4 is 11.1 Å². The van der Waals surface area contributed by atoms with Crippen LogP contribution in [0.2, 0.25) is 0 Å². The summed E-state index contributed by atoms with van der Waals surface area (Å²) in [7, 11) is 0. The third kappa shape index (κ3) is 2.08. The van der Waals surface area contributed by atoms with E-state index < -0.39 is 0 Å². The Morgan fingerprint density at radius 3 is 2.39 bits per heavy atom. The monoisotopic (exact) mass is 245 g/mol. The van der Waals surface area contributed by atoms with Crippen molar-refractivity contribution in [1.82, 2.24) is 4.90 Å². The molecule has 2 heterocycles. The third-order valence-corrected chi connectivity index (χ3v) is 4.03. The number of hydrogen-bond donors (Lipinski definition) is 2. The maximum atomic E-state index is 12.3. The van der Waals surface area contributed by atoms with Crippen LogP contribution in [0.25, 0.3) is 0 Å². The largest absolute Gasteiger partial charge is 0.328 e. The van der Waals surface area contributed by atoms with Gasteiger partial charge in [-0.15, -0.1) is 0 Å². The molecule has 2 bridgehead atoms. The molecule has 2 unspecified atom stereocenters. The summed E-state index contributed by atoms with van der Waals surface area (Å²) in [4.78, 5) is 14.3. The van der Waals surface area contributed by atoms with Crippen molar-refractivity contribution in [3.05, 3.63) is 30.3 Å². The van der Waals surface area contributed by atoms with Crippen LogP contribution in [-0.4, -0.2) is 29.1 Å². The number of para-hydroxylation sites is 1. The van der Waals surface area contributed by atoms with Crippen LogP contribution in [0.15, 0.2) is 30.3 Å². The van der Waals surface area contributed by atoms with E-state index in [2.05, 4.69) is 5.32 Å². The fourth-order valence-corrected chi connectivity index (χ4v) is 3.26. The average molecular weight is 245 g/mol. The van der Waals surface area contributed by atoms with Gasteiger partial charge in [-0.3, -0.25) is 0 Å². The lowest BCUT2D eigenvalue weighted by molar-refractivity contribution is 0.150. The Morgan fingerprint density at radius 1 is 1.17 bits per heavy atom. The lowest BCUT2D eigenvalue weighted by Gasteiger charge is -2.37. The van der Waals surface area contributed by atoms with Gasteiger partial charge in [-0.25, -0.2) is 4.79 Å². The second-order valence-corrected chi connectivity index (χ2v) is 5.32. The number of carbonyl (C=O) groups is 1. The number of nitrogens with zero attached hydrogens (tertiary/aromatic N) is 1. The van der Waals surface area contributed by atoms with E-state index in [0.717, 1.165) is 31.4 Å². The molecule has 2 fully saturated rings. The van der Waals surface area contributed by atoms with Crippen LogP contribution in [0.5, 0.6) is 0 Å². The van der Waals surface area contributed by atoms with Crippen molar-refractivity contribution in [3.8, 4) is 0 Å². The smallest absolute Gasteiger partial charge is 0.322 e. The second-order valence-electron chi connectivity index (χ2n) is 5.32. The Bertz CT molecular complexity index is 420. The summed E-state index contributed by atoms with van der Waals surface area (Å²) in [5.41, 5.74) is 6.87. The van der Waals surface area contributed by atoms with Crippen molar-refractivity contribution in [2.24, 2.45) is 5.73 Å². The topological polar surface area (TPSA) is 58.4 Å². The summed E-state index contributed by atoms with van der Waals surface area (Å²) in [6, 6.07) is 10.6. The van der Waals surface area contributed by atoms with E-state index in [1.54, 1.807) is 0 Å². The zero-order valence-corrected chi connectivity index (χ0v) is 10.4. The van der Waals surface area contributed by atoms with E-state index in [1.807, 2.05) is 35.2 Å². The fraction of sp³-hybridized carbons (Fsp3) is 0.500. The van der Waals surface area contributed by atoms with Gasteiger partial charge < -0.3 is 16.0 Å². The Labute approximate surface area is 107 Å². The van der Waals surface area contributed by atoms with Crippen molar-refractivity contribution in [2.75, 3.05) is 5.32 Å². The van der Waals surface area contributed by atoms with Crippen molar-refractivity contribution in [3.63, 3.8) is 0 Å². The Balaban J connectivity index is 1.70. The molecule has 1 aromatic rings. The number of nitrogens with two attached hydrogens (primary N) is 1. The number of fused-ring (bicyclic) bond motifs is 2. The summed E-state index contributed by atoms with van der Waals surface area (Å²) in [5.74, 6) is 0. The molecular weight excluding hydrogens is 226 g/mol. The van der Waals surface area contributed by atoms with Gasteiger partial charge in [-0.2, -0.15) is 0 Å². The van der Waals surface area contributed by atoms with Gasteiger partial charge in [0.25, 0.3) is 0 Å². The quantitative estimate of drug-likeness (QED) is 0.796. The molecule has 2 saturated heterocycles. The van der Waals surface area contributed by atoms with E-state index >= 15 is 0 Å². The zero-order chi connectivity index (χ0) is 12.5. The first-order valence-electron chi connectivity index (χ1n) is 6.64. The minimum Gasteiger partial charge on any atom is -0.328 e. The predicted octanol–water partition coefficient (Wildman–Crippen LogP) is 2.17. The number of benzene rings is 1. The Kier molecular flexibility index (Phi) is 2.96. The number of carbonyl (C=O) groups excluding carboxylic acids is 1. The molecule has 2 amide bonds. The van der Waals surface area contributed by atoms with E-state index in [4.69, 9.17) is 5.73 Å². The third-order valence-electron chi connectivity index (χ3n) is 4.03. The fourth-order valence-electron chi connectivity index (χ4n) is 3.26. The molecule has 2 atom stereocenters. The van der Waals surface area contributed by atoms with E-state index in [0.29, 0.717) is 12.1 Å². The molecule has 3 rings (SSSR count). The molecule has 2 aliphatic heterocycles. The van der Waals surface area contributed by atoms with Gasteiger partial charge in [0.1, 0.15) is 0 Å². The van der Waals surface area contributed by atoms with Crippen molar-refractivity contribution < 1.29 is 4.79 Å². The first-order chi connectivity index (χ1) is 8.74. The SMILES string of the molecule is NC1CC2CCC(C1)N2C(=O)Nc1ccccc1. The Morgan fingerprint density at radius 2 is 1.78 bits per heavy atom. The highest BCUT2D eigenvalue weighted by Gasteiger charge is 2.42. The molecule has 2 aliphatic rings. The molecule has 0 saturated carbocycles. The highest BCUT2D eigenvalue weighted by molar-refractivity contribution is 5.90. The van der Waals surface area contributed by atoms with Crippen LogP contribution in [0.4, 0.5) is 10.5 Å². The second kappa shape index (κ2) is 4.61. The molecule has 1 aromatic carbocycles. The van der Waals surface area contributed by atoms with Crippen LogP contribution >= 0.6 is 0 Å². The lowest BCUT2D eigenvalue weighted by atomic mass is 9.99. The molecule has 0 aromatic heterocycles. The molecule has 0 radical (unpaired) electrons. The molecule has 0 aliphatic carbocycles. The molecular formula is C14H19N3O. The maximum absolute atomic E-state index is 12.3. The van der Waals surface area contributed by atoms with Crippen LogP contribution in [0.3, 0.4) is 0 Å². The van der Waals surface area contributed by atoms with Gasteiger partial charge in [0.05, 0.1) is 0 Å². The lowest BCUT2D eigenvalue weighted by Crippen LogP contribution is -2.51. The van der Waals surface area contributed by atoms with E-state index in [9.17, 15) is 4.79 Å². The zero-order valence-electron chi connectivity index (χ0n) is 10.4. The summed E-state index contributed by atoms with van der Waals surface area (Å²) in [6.45, 7) is 0. The summed E-state index contributed by atoms with van der Waals surface area (Å²) >= 11 is 0. The number of piperidine rings is 1. The van der Waals surface area contributed by atoms with E-state index in [-0.39, 0.29) is 12.1 Å². The molecule has 3 N–H and O–H groups in total. The van der Waals surface area contributed by atoms with Crippen LogP contribution in [0.1, 0.15) is 25.7 Å². The van der Waals surface area contributed by atoms with Gasteiger partial charge in [0.15, 0.2) is 0 Å². The number of rotatable bonds is 1. The maximum Gasteiger partial charge on any atom is 0.322 e. The first kappa shape index (κ1) is 11.5. The minimum absolute atomic E-state index is 0.0283. The molecule has 96 valence electrons. The predicted molar refractivity (Wildman–Crippen MR) is 71.3 cm³/mol. The van der Waals surface area contributed by atoms with Crippen LogP contribution in [0, 0.1) is 0 Å². The number of amides is 2. The Hall–Kier alpha value is -1.55. The van der Waals surface area contributed by atoms with Gasteiger partial charge in [-0.1, -0.05) is 18.2 Å². The molecule has 18 heavy (non-hydrogen) atoms. The number of hydrogen-bond acceptors (Lipinski definition) is 2. The normalized spacial score (nSPS) is 30.3. The summed E-state index contributed by atoms with van der Waals surface area (Å²) < 4.78 is 0. The van der Waals surface area contributed by atoms with Gasteiger partial charge in [0.2, 0.25) is 0 Å². The summed E-state index contributed by atoms with van der Waals surface area (Å²) in [6.07, 6.45) is 4.08. The van der Waals surface area contributed by atoms with Gasteiger partial charge >= 0.3 is 6.03 Å². The molecule has 0 spiro atoms. The highest BCUT2D eigenvalue weighted by Crippen LogP contribution is 2.35. The van der Waals surface area contributed by atoms with Crippen LogP contribution in [-0.2, 0) is 0 Å². The standard InChI is InChI=1S/C14H19N3O/c15-10-8-12-6-7-13(9-10)17(12)14(18)16-11-4-2-1-3-5-11/h1-5,10,12-13H,6-9,15H2,(H,16,18). The number of urea groups is 1. The highest BCUT2D eigenvalue weighted by atomic mass is 16.2. The molecule has 4 nitrogen and oxygen atoms in total. The number of anilines is 1. The van der Waals surface area contributed by atoms with Gasteiger partial charge in [0, 0.05) is 23.8 Å². The summed E-state index contributed by atoms with van der Waals surface area (Å²) in [5, 5.41) is 2.97. The van der Waals surface area contributed by atoms with Crippen molar-refractivity contribution in [2.45, 2.75) is 43.8 Å².